The average Bonchev–Trinajstić information content (AvgIpc) is 2.36. The van der Waals surface area contributed by atoms with Crippen LogP contribution in [-0.4, -0.2) is 25.7 Å². The fourth-order valence-electron chi connectivity index (χ4n) is 2.59. The second-order valence-electron chi connectivity index (χ2n) is 5.06. The number of ether oxygens (including phenoxy) is 1. The maximum atomic E-state index is 6.13. The smallest absolute Gasteiger partial charge is 0.133 e. The minimum Gasteiger partial charge on any atom is -0.496 e. The number of piperidine rings is 1. The standard InChI is InChI=1S/C14H21BrN2O/c1-9-10(2)17(7-6-13(9)16)11-4-5-14(18-3)12(15)8-11/h4-5,8-10,13H,6-7,16H2,1-3H3. The van der Waals surface area contributed by atoms with Gasteiger partial charge in [-0.3, -0.25) is 0 Å². The van der Waals surface area contributed by atoms with Crippen molar-refractivity contribution in [3.05, 3.63) is 22.7 Å². The molecule has 18 heavy (non-hydrogen) atoms. The van der Waals surface area contributed by atoms with Crippen LogP contribution in [0.1, 0.15) is 20.3 Å². The van der Waals surface area contributed by atoms with Crippen LogP contribution in [0.4, 0.5) is 5.69 Å². The molecule has 3 nitrogen and oxygen atoms in total. The van der Waals surface area contributed by atoms with Crippen LogP contribution in [-0.2, 0) is 0 Å². The quantitative estimate of drug-likeness (QED) is 0.912. The average molecular weight is 313 g/mol. The Bertz CT molecular complexity index is 424. The summed E-state index contributed by atoms with van der Waals surface area (Å²) in [5.74, 6) is 1.38. The third kappa shape index (κ3) is 2.50. The molecule has 1 saturated heterocycles. The molecular formula is C14H21BrN2O. The lowest BCUT2D eigenvalue weighted by Gasteiger charge is -2.43. The zero-order valence-corrected chi connectivity index (χ0v) is 12.8. The fourth-order valence-corrected chi connectivity index (χ4v) is 3.12. The summed E-state index contributed by atoms with van der Waals surface area (Å²) in [5.41, 5.74) is 7.36. The highest BCUT2D eigenvalue weighted by Crippen LogP contribution is 2.33. The molecule has 0 radical (unpaired) electrons. The van der Waals surface area contributed by atoms with E-state index in [-0.39, 0.29) is 0 Å². The minimum absolute atomic E-state index is 0.318. The summed E-state index contributed by atoms with van der Waals surface area (Å²) in [6.07, 6.45) is 1.05. The van der Waals surface area contributed by atoms with Crippen molar-refractivity contribution in [3.63, 3.8) is 0 Å². The first-order valence-corrected chi connectivity index (χ1v) is 7.19. The van der Waals surface area contributed by atoms with Crippen LogP contribution in [0.15, 0.2) is 22.7 Å². The van der Waals surface area contributed by atoms with E-state index in [1.165, 1.54) is 5.69 Å². The molecule has 3 atom stereocenters. The van der Waals surface area contributed by atoms with E-state index in [2.05, 4.69) is 46.8 Å². The van der Waals surface area contributed by atoms with Gasteiger partial charge in [0.05, 0.1) is 11.6 Å². The van der Waals surface area contributed by atoms with Crippen molar-refractivity contribution in [1.82, 2.24) is 0 Å². The molecule has 2 rings (SSSR count). The number of benzene rings is 1. The van der Waals surface area contributed by atoms with Crippen LogP contribution in [0.3, 0.4) is 0 Å². The molecule has 0 aromatic heterocycles. The zero-order chi connectivity index (χ0) is 13.3. The van der Waals surface area contributed by atoms with Gasteiger partial charge in [-0.15, -0.1) is 0 Å². The van der Waals surface area contributed by atoms with Gasteiger partial charge in [-0.05, 0) is 53.4 Å². The molecule has 1 aliphatic rings. The van der Waals surface area contributed by atoms with Gasteiger partial charge in [0.25, 0.3) is 0 Å². The van der Waals surface area contributed by atoms with Gasteiger partial charge in [0.1, 0.15) is 5.75 Å². The molecule has 1 fully saturated rings. The maximum Gasteiger partial charge on any atom is 0.133 e. The largest absolute Gasteiger partial charge is 0.496 e. The van der Waals surface area contributed by atoms with Gasteiger partial charge >= 0.3 is 0 Å². The van der Waals surface area contributed by atoms with Crippen molar-refractivity contribution < 1.29 is 4.74 Å². The van der Waals surface area contributed by atoms with Crippen molar-refractivity contribution >= 4 is 21.6 Å². The van der Waals surface area contributed by atoms with Crippen LogP contribution in [0, 0.1) is 5.92 Å². The number of anilines is 1. The summed E-state index contributed by atoms with van der Waals surface area (Å²) >= 11 is 3.54. The Morgan fingerprint density at radius 2 is 2.11 bits per heavy atom. The zero-order valence-electron chi connectivity index (χ0n) is 11.2. The molecule has 100 valence electrons. The van der Waals surface area contributed by atoms with Crippen LogP contribution in [0.25, 0.3) is 0 Å². The summed E-state index contributed by atoms with van der Waals surface area (Å²) in [5, 5.41) is 0. The predicted octanol–water partition coefficient (Wildman–Crippen LogP) is 3.02. The van der Waals surface area contributed by atoms with E-state index in [0.29, 0.717) is 18.0 Å². The van der Waals surface area contributed by atoms with Crippen molar-refractivity contribution in [3.8, 4) is 5.75 Å². The number of hydrogen-bond acceptors (Lipinski definition) is 3. The summed E-state index contributed by atoms with van der Waals surface area (Å²) in [4.78, 5) is 2.43. The topological polar surface area (TPSA) is 38.5 Å². The number of nitrogens with zero attached hydrogens (tertiary/aromatic N) is 1. The van der Waals surface area contributed by atoms with Gasteiger partial charge in [0.15, 0.2) is 0 Å². The maximum absolute atomic E-state index is 6.13. The molecule has 0 bridgehead atoms. The Kier molecular flexibility index (Phi) is 4.17. The van der Waals surface area contributed by atoms with Crippen molar-refractivity contribution in [2.75, 3.05) is 18.6 Å². The number of halogens is 1. The van der Waals surface area contributed by atoms with E-state index in [1.54, 1.807) is 7.11 Å². The number of methoxy groups -OCH3 is 1. The second kappa shape index (κ2) is 5.49. The normalized spacial score (nSPS) is 28.3. The third-order valence-electron chi connectivity index (χ3n) is 4.10. The second-order valence-corrected chi connectivity index (χ2v) is 5.92. The first-order chi connectivity index (χ1) is 8.54. The van der Waals surface area contributed by atoms with Crippen molar-refractivity contribution in [2.24, 2.45) is 11.7 Å². The van der Waals surface area contributed by atoms with E-state index in [9.17, 15) is 0 Å². The van der Waals surface area contributed by atoms with Gasteiger partial charge in [-0.1, -0.05) is 6.92 Å². The first kappa shape index (κ1) is 13.7. The highest BCUT2D eigenvalue weighted by Gasteiger charge is 2.30. The van der Waals surface area contributed by atoms with Gasteiger partial charge in [0.2, 0.25) is 0 Å². The minimum atomic E-state index is 0.318. The molecule has 3 unspecified atom stereocenters. The van der Waals surface area contributed by atoms with E-state index in [4.69, 9.17) is 10.5 Å². The Morgan fingerprint density at radius 3 is 2.72 bits per heavy atom. The lowest BCUT2D eigenvalue weighted by molar-refractivity contribution is 0.315. The van der Waals surface area contributed by atoms with Gasteiger partial charge in [0, 0.05) is 24.3 Å². The lowest BCUT2D eigenvalue weighted by atomic mass is 9.87. The molecule has 1 aromatic carbocycles. The fraction of sp³-hybridized carbons (Fsp3) is 0.571. The molecule has 2 N–H and O–H groups in total. The highest BCUT2D eigenvalue weighted by molar-refractivity contribution is 9.10. The molecular weight excluding hydrogens is 292 g/mol. The van der Waals surface area contributed by atoms with Crippen LogP contribution < -0.4 is 15.4 Å². The Labute approximate surface area is 117 Å². The van der Waals surface area contributed by atoms with Crippen LogP contribution in [0.5, 0.6) is 5.75 Å². The molecule has 1 aliphatic heterocycles. The molecule has 0 amide bonds. The third-order valence-corrected chi connectivity index (χ3v) is 4.72. The summed E-state index contributed by atoms with van der Waals surface area (Å²) in [6.45, 7) is 5.51. The lowest BCUT2D eigenvalue weighted by Crippen LogP contribution is -2.51. The molecule has 0 aliphatic carbocycles. The summed E-state index contributed by atoms with van der Waals surface area (Å²) < 4.78 is 6.26. The predicted molar refractivity (Wildman–Crippen MR) is 79.3 cm³/mol. The number of nitrogens with two attached hydrogens (primary N) is 1. The molecule has 0 saturated carbocycles. The summed E-state index contributed by atoms with van der Waals surface area (Å²) in [7, 11) is 1.68. The van der Waals surface area contributed by atoms with E-state index < -0.39 is 0 Å². The van der Waals surface area contributed by atoms with Gasteiger partial charge < -0.3 is 15.4 Å². The van der Waals surface area contributed by atoms with Crippen molar-refractivity contribution in [2.45, 2.75) is 32.4 Å². The van der Waals surface area contributed by atoms with E-state index >= 15 is 0 Å². The van der Waals surface area contributed by atoms with E-state index in [1.807, 2.05) is 6.07 Å². The van der Waals surface area contributed by atoms with Gasteiger partial charge in [-0.2, -0.15) is 0 Å². The number of hydrogen-bond donors (Lipinski definition) is 1. The summed E-state index contributed by atoms with van der Waals surface area (Å²) in [6, 6.07) is 7.03. The monoisotopic (exact) mass is 312 g/mol. The Balaban J connectivity index is 2.23. The molecule has 0 spiro atoms. The first-order valence-electron chi connectivity index (χ1n) is 6.40. The van der Waals surface area contributed by atoms with Gasteiger partial charge in [-0.25, -0.2) is 0 Å². The SMILES string of the molecule is COc1ccc(N2CCC(N)C(C)C2C)cc1Br. The number of rotatable bonds is 2. The van der Waals surface area contributed by atoms with Crippen molar-refractivity contribution in [1.29, 1.82) is 0 Å². The Hall–Kier alpha value is -0.740. The van der Waals surface area contributed by atoms with E-state index in [0.717, 1.165) is 23.2 Å². The Morgan fingerprint density at radius 1 is 1.39 bits per heavy atom. The molecule has 1 heterocycles. The highest BCUT2D eigenvalue weighted by atomic mass is 79.9. The molecule has 1 aromatic rings. The van der Waals surface area contributed by atoms with Crippen LogP contribution >= 0.6 is 15.9 Å². The molecule has 4 heteroatoms. The van der Waals surface area contributed by atoms with Crippen LogP contribution in [0.2, 0.25) is 0 Å².